The number of alkyl halides is 3. The lowest BCUT2D eigenvalue weighted by molar-refractivity contribution is -0.137. The number of hydrogen-bond acceptors (Lipinski definition) is 5. The van der Waals surface area contributed by atoms with Crippen molar-refractivity contribution in [3.8, 4) is 0 Å². The molecule has 1 fully saturated rings. The van der Waals surface area contributed by atoms with Crippen molar-refractivity contribution in [2.24, 2.45) is 5.84 Å². The third-order valence-corrected chi connectivity index (χ3v) is 6.64. The average Bonchev–Trinajstić information content (AvgIpc) is 2.76. The summed E-state index contributed by atoms with van der Waals surface area (Å²) in [5, 5.41) is 0. The molecule has 0 radical (unpaired) electrons. The minimum Gasteiger partial charge on any atom is -0.322 e. The number of nitrogens with one attached hydrogen (secondary N) is 1. The van der Waals surface area contributed by atoms with Crippen molar-refractivity contribution in [3.63, 3.8) is 0 Å². The fourth-order valence-corrected chi connectivity index (χ4v) is 4.51. The molecule has 3 amide bonds. The third-order valence-electron chi connectivity index (χ3n) is 5.03. The first-order valence-corrected chi connectivity index (χ1v) is 11.4. The van der Waals surface area contributed by atoms with E-state index in [0.717, 1.165) is 11.0 Å². The molecule has 0 atom stereocenters. The van der Waals surface area contributed by atoms with E-state index in [1.165, 1.54) is 47.4 Å². The second-order valence-corrected chi connectivity index (χ2v) is 9.50. The molecule has 3 N–H and O–H groups in total. The van der Waals surface area contributed by atoms with Crippen LogP contribution in [0.3, 0.4) is 0 Å². The molecule has 1 saturated heterocycles. The predicted octanol–water partition coefficient (Wildman–Crippen LogP) is 2.17. The first kappa shape index (κ1) is 23.5. The molecule has 172 valence electrons. The molecule has 0 spiro atoms. The van der Waals surface area contributed by atoms with Crippen LogP contribution in [-0.2, 0) is 22.6 Å². The Morgan fingerprint density at radius 2 is 1.62 bits per heavy atom. The van der Waals surface area contributed by atoms with E-state index in [9.17, 15) is 31.2 Å². The number of nitrogen functional groups attached to an aromatic ring is 1. The number of benzene rings is 2. The summed E-state index contributed by atoms with van der Waals surface area (Å²) in [6, 6.07) is 9.82. The Morgan fingerprint density at radius 1 is 1.03 bits per heavy atom. The number of rotatable bonds is 4. The molecule has 0 aromatic heterocycles. The first-order valence-electron chi connectivity index (χ1n) is 9.55. The quantitative estimate of drug-likeness (QED) is 0.404. The maximum absolute atomic E-state index is 13.6. The largest absolute Gasteiger partial charge is 0.418 e. The standard InChI is InChI=1S/C20H21F3N4O4S/c21-20(22,23)16-3-1-2-4-17(16)27(19(29)26-9-11-32(30,31)12-10-26)13-14-5-7-15(8-6-14)18(28)25-24/h1-8H,9-13,24H2,(H,25,28). The van der Waals surface area contributed by atoms with Crippen LogP contribution in [0.2, 0.25) is 0 Å². The number of nitrogens with two attached hydrogens (primary N) is 1. The minimum atomic E-state index is -4.70. The number of urea groups is 1. The van der Waals surface area contributed by atoms with E-state index in [1.54, 1.807) is 0 Å². The van der Waals surface area contributed by atoms with Crippen LogP contribution < -0.4 is 16.2 Å². The lowest BCUT2D eigenvalue weighted by Gasteiger charge is -2.34. The molecular formula is C20H21F3N4O4S. The van der Waals surface area contributed by atoms with Crippen LogP contribution in [0, 0.1) is 0 Å². The molecule has 0 aliphatic carbocycles. The first-order chi connectivity index (χ1) is 15.0. The number of halogens is 3. The maximum Gasteiger partial charge on any atom is 0.418 e. The van der Waals surface area contributed by atoms with E-state index in [2.05, 4.69) is 0 Å². The minimum absolute atomic E-state index is 0.110. The van der Waals surface area contributed by atoms with Gasteiger partial charge in [-0.1, -0.05) is 24.3 Å². The number of carbonyl (C=O) groups is 2. The van der Waals surface area contributed by atoms with Gasteiger partial charge < -0.3 is 4.90 Å². The molecular weight excluding hydrogens is 449 g/mol. The zero-order valence-corrected chi connectivity index (χ0v) is 17.6. The molecule has 32 heavy (non-hydrogen) atoms. The van der Waals surface area contributed by atoms with Gasteiger partial charge in [0.2, 0.25) is 0 Å². The van der Waals surface area contributed by atoms with Crippen LogP contribution in [0.25, 0.3) is 0 Å². The van der Waals surface area contributed by atoms with Gasteiger partial charge in [-0.3, -0.25) is 15.1 Å². The second kappa shape index (κ2) is 9.17. The Kier molecular flexibility index (Phi) is 6.74. The Labute approximate surface area is 182 Å². The summed E-state index contributed by atoms with van der Waals surface area (Å²) in [5.41, 5.74) is 1.35. The van der Waals surface area contributed by atoms with Crippen LogP contribution in [0.4, 0.5) is 23.7 Å². The van der Waals surface area contributed by atoms with Gasteiger partial charge in [-0.25, -0.2) is 19.1 Å². The smallest absolute Gasteiger partial charge is 0.322 e. The summed E-state index contributed by atoms with van der Waals surface area (Å²) >= 11 is 0. The summed E-state index contributed by atoms with van der Waals surface area (Å²) < 4.78 is 64.4. The average molecular weight is 470 g/mol. The van der Waals surface area contributed by atoms with E-state index < -0.39 is 33.5 Å². The molecule has 8 nitrogen and oxygen atoms in total. The number of amides is 3. The summed E-state index contributed by atoms with van der Waals surface area (Å²) in [6.07, 6.45) is -4.70. The summed E-state index contributed by atoms with van der Waals surface area (Å²) in [7, 11) is -3.29. The monoisotopic (exact) mass is 470 g/mol. The summed E-state index contributed by atoms with van der Waals surface area (Å²) in [5.74, 6) is 4.04. The van der Waals surface area contributed by atoms with Crippen LogP contribution in [0.15, 0.2) is 48.5 Å². The molecule has 0 bridgehead atoms. The molecule has 2 aromatic rings. The van der Waals surface area contributed by atoms with Crippen molar-refractivity contribution in [2.45, 2.75) is 12.7 Å². The molecule has 3 rings (SSSR count). The Morgan fingerprint density at radius 3 is 2.19 bits per heavy atom. The van der Waals surface area contributed by atoms with Gasteiger partial charge in [-0.2, -0.15) is 13.2 Å². The summed E-state index contributed by atoms with van der Waals surface area (Å²) in [6.45, 7) is -0.442. The van der Waals surface area contributed by atoms with Gasteiger partial charge in [0.25, 0.3) is 5.91 Å². The second-order valence-electron chi connectivity index (χ2n) is 7.19. The number of sulfone groups is 1. The number of hydrogen-bond donors (Lipinski definition) is 2. The fourth-order valence-electron chi connectivity index (χ4n) is 3.31. The maximum atomic E-state index is 13.6. The lowest BCUT2D eigenvalue weighted by atomic mass is 10.1. The van der Waals surface area contributed by atoms with Gasteiger partial charge in [-0.05, 0) is 29.8 Å². The highest BCUT2D eigenvalue weighted by Gasteiger charge is 2.37. The third kappa shape index (κ3) is 5.37. The van der Waals surface area contributed by atoms with E-state index in [4.69, 9.17) is 5.84 Å². The van der Waals surface area contributed by atoms with Gasteiger partial charge in [0.1, 0.15) is 0 Å². The van der Waals surface area contributed by atoms with Crippen molar-refractivity contribution in [3.05, 3.63) is 65.2 Å². The van der Waals surface area contributed by atoms with Crippen molar-refractivity contribution in [2.75, 3.05) is 29.5 Å². The normalized spacial score (nSPS) is 15.8. The predicted molar refractivity (Wildman–Crippen MR) is 111 cm³/mol. The summed E-state index contributed by atoms with van der Waals surface area (Å²) in [4.78, 5) is 27.0. The van der Waals surface area contributed by atoms with Crippen molar-refractivity contribution in [1.29, 1.82) is 0 Å². The number of nitrogens with zero attached hydrogens (tertiary/aromatic N) is 2. The van der Waals surface area contributed by atoms with Gasteiger partial charge in [0, 0.05) is 18.7 Å². The molecule has 1 aliphatic rings. The van der Waals surface area contributed by atoms with E-state index in [0.29, 0.717) is 5.56 Å². The topological polar surface area (TPSA) is 113 Å². The highest BCUT2D eigenvalue weighted by Crippen LogP contribution is 2.37. The van der Waals surface area contributed by atoms with Crippen LogP contribution in [0.5, 0.6) is 0 Å². The highest BCUT2D eigenvalue weighted by atomic mass is 32.2. The zero-order chi connectivity index (χ0) is 23.5. The van der Waals surface area contributed by atoms with Crippen LogP contribution in [-0.4, -0.2) is 49.9 Å². The number of para-hydroxylation sites is 1. The number of carbonyl (C=O) groups excluding carboxylic acids is 2. The van der Waals surface area contributed by atoms with Gasteiger partial charge in [-0.15, -0.1) is 0 Å². The van der Waals surface area contributed by atoms with E-state index in [1.807, 2.05) is 5.43 Å². The SMILES string of the molecule is NNC(=O)c1ccc(CN(C(=O)N2CCS(=O)(=O)CC2)c2ccccc2C(F)(F)F)cc1. The van der Waals surface area contributed by atoms with Crippen molar-refractivity contribution in [1.82, 2.24) is 10.3 Å². The zero-order valence-electron chi connectivity index (χ0n) is 16.8. The Bertz CT molecular complexity index is 1090. The Balaban J connectivity index is 1.97. The van der Waals surface area contributed by atoms with E-state index in [-0.39, 0.29) is 42.4 Å². The molecule has 1 aliphatic heterocycles. The fraction of sp³-hybridized carbons (Fsp3) is 0.300. The molecule has 0 unspecified atom stereocenters. The van der Waals surface area contributed by atoms with Crippen molar-refractivity contribution < 1.29 is 31.2 Å². The van der Waals surface area contributed by atoms with Crippen molar-refractivity contribution >= 4 is 27.5 Å². The Hall–Kier alpha value is -3.12. The van der Waals surface area contributed by atoms with Gasteiger partial charge >= 0.3 is 12.2 Å². The highest BCUT2D eigenvalue weighted by molar-refractivity contribution is 7.91. The molecule has 1 heterocycles. The lowest BCUT2D eigenvalue weighted by Crippen LogP contribution is -2.50. The van der Waals surface area contributed by atoms with Gasteiger partial charge in [0.05, 0.1) is 29.3 Å². The van der Waals surface area contributed by atoms with E-state index >= 15 is 0 Å². The van der Waals surface area contributed by atoms with Crippen LogP contribution in [0.1, 0.15) is 21.5 Å². The number of hydrazine groups is 1. The molecule has 0 saturated carbocycles. The molecule has 12 heteroatoms. The number of anilines is 1. The molecule has 2 aromatic carbocycles. The van der Waals surface area contributed by atoms with Gasteiger partial charge in [0.15, 0.2) is 9.84 Å². The van der Waals surface area contributed by atoms with Crippen LogP contribution >= 0.6 is 0 Å².